The smallest absolute Gasteiger partial charge is 0.252 e. The monoisotopic (exact) mass is 127 g/mol. The number of likely N-dealkylation sites (N-methyl/N-ethyl adjacent to an activating group) is 1. The second-order valence-corrected chi connectivity index (χ2v) is 1.49. The molecule has 0 bridgehead atoms. The summed E-state index contributed by atoms with van der Waals surface area (Å²) in [6.45, 7) is 3.22. The second kappa shape index (κ2) is 2.86. The Hall–Kier alpha value is -1.32. The SMILES string of the molecule is C=CC(=O)N(C)C(=N)N. The van der Waals surface area contributed by atoms with Crippen LogP contribution in [0, 0.1) is 5.41 Å². The van der Waals surface area contributed by atoms with Crippen LogP contribution in [-0.4, -0.2) is 23.8 Å². The highest BCUT2D eigenvalue weighted by atomic mass is 16.2. The first kappa shape index (κ1) is 7.68. The Balaban J connectivity index is 4.03. The minimum Gasteiger partial charge on any atom is -0.370 e. The van der Waals surface area contributed by atoms with Gasteiger partial charge in [-0.1, -0.05) is 6.58 Å². The van der Waals surface area contributed by atoms with Crippen LogP contribution in [0.2, 0.25) is 0 Å². The van der Waals surface area contributed by atoms with Gasteiger partial charge in [0.05, 0.1) is 0 Å². The molecule has 4 heteroatoms. The zero-order valence-corrected chi connectivity index (χ0v) is 5.22. The van der Waals surface area contributed by atoms with Gasteiger partial charge in [-0.25, -0.2) is 0 Å². The Morgan fingerprint density at radius 2 is 2.33 bits per heavy atom. The number of hydrogen-bond donors (Lipinski definition) is 2. The van der Waals surface area contributed by atoms with E-state index in [-0.39, 0.29) is 11.9 Å². The first-order valence-corrected chi connectivity index (χ1v) is 2.33. The summed E-state index contributed by atoms with van der Waals surface area (Å²) >= 11 is 0. The topological polar surface area (TPSA) is 70.2 Å². The number of nitrogens with zero attached hydrogens (tertiary/aromatic N) is 1. The Labute approximate surface area is 53.5 Å². The molecule has 3 N–H and O–H groups in total. The molecule has 0 rings (SSSR count). The van der Waals surface area contributed by atoms with Gasteiger partial charge in [0.15, 0.2) is 5.96 Å². The van der Waals surface area contributed by atoms with E-state index in [4.69, 9.17) is 11.1 Å². The van der Waals surface area contributed by atoms with Gasteiger partial charge in [0.2, 0.25) is 0 Å². The first-order valence-electron chi connectivity index (χ1n) is 2.33. The summed E-state index contributed by atoms with van der Waals surface area (Å²) in [5.74, 6) is -0.651. The van der Waals surface area contributed by atoms with Crippen molar-refractivity contribution in [2.45, 2.75) is 0 Å². The molecule has 0 fully saturated rings. The molecule has 50 valence electrons. The molecule has 0 radical (unpaired) electrons. The van der Waals surface area contributed by atoms with Crippen molar-refractivity contribution in [1.82, 2.24) is 4.90 Å². The summed E-state index contributed by atoms with van der Waals surface area (Å²) in [5, 5.41) is 6.77. The average Bonchev–Trinajstić information content (AvgIpc) is 1.84. The number of rotatable bonds is 1. The number of carbonyl (C=O) groups is 1. The lowest BCUT2D eigenvalue weighted by molar-refractivity contribution is -0.121. The van der Waals surface area contributed by atoms with Crippen molar-refractivity contribution < 1.29 is 4.79 Å². The van der Waals surface area contributed by atoms with Gasteiger partial charge in [-0.3, -0.25) is 15.1 Å². The van der Waals surface area contributed by atoms with Crippen molar-refractivity contribution >= 4 is 11.9 Å². The Morgan fingerprint density at radius 3 is 2.44 bits per heavy atom. The number of amides is 1. The van der Waals surface area contributed by atoms with Gasteiger partial charge in [0.1, 0.15) is 0 Å². The number of nitrogens with two attached hydrogens (primary N) is 1. The zero-order valence-electron chi connectivity index (χ0n) is 5.22. The van der Waals surface area contributed by atoms with Crippen LogP contribution < -0.4 is 5.73 Å². The van der Waals surface area contributed by atoms with Crippen LogP contribution in [0.4, 0.5) is 0 Å². The number of nitrogens with one attached hydrogen (secondary N) is 1. The van der Waals surface area contributed by atoms with E-state index in [0.717, 1.165) is 11.0 Å². The fraction of sp³-hybridized carbons (Fsp3) is 0.200. The van der Waals surface area contributed by atoms with Gasteiger partial charge in [0.25, 0.3) is 5.91 Å². The lowest BCUT2D eigenvalue weighted by atomic mass is 10.5. The van der Waals surface area contributed by atoms with E-state index >= 15 is 0 Å². The molecule has 0 aromatic carbocycles. The number of carbonyl (C=O) groups excluding carboxylic acids is 1. The quantitative estimate of drug-likeness (QED) is 0.284. The lowest BCUT2D eigenvalue weighted by Gasteiger charge is -2.10. The van der Waals surface area contributed by atoms with E-state index in [1.54, 1.807) is 0 Å². The van der Waals surface area contributed by atoms with Crippen molar-refractivity contribution in [3.05, 3.63) is 12.7 Å². The maximum atomic E-state index is 10.5. The molecule has 0 aliphatic heterocycles. The molecule has 0 aliphatic carbocycles. The molecule has 0 heterocycles. The van der Waals surface area contributed by atoms with Gasteiger partial charge in [0, 0.05) is 7.05 Å². The third kappa shape index (κ3) is 1.94. The molecule has 0 aromatic rings. The largest absolute Gasteiger partial charge is 0.370 e. The van der Waals surface area contributed by atoms with E-state index in [1.807, 2.05) is 0 Å². The predicted molar refractivity (Wildman–Crippen MR) is 34.9 cm³/mol. The van der Waals surface area contributed by atoms with Crippen LogP contribution >= 0.6 is 0 Å². The Bertz CT molecular complexity index is 152. The van der Waals surface area contributed by atoms with E-state index < -0.39 is 0 Å². The fourth-order valence-electron chi connectivity index (χ4n) is 0.256. The molecule has 9 heavy (non-hydrogen) atoms. The molecular weight excluding hydrogens is 118 g/mol. The minimum absolute atomic E-state index is 0.278. The van der Waals surface area contributed by atoms with Crippen LogP contribution in [0.15, 0.2) is 12.7 Å². The van der Waals surface area contributed by atoms with Crippen LogP contribution in [0.25, 0.3) is 0 Å². The van der Waals surface area contributed by atoms with E-state index in [2.05, 4.69) is 6.58 Å². The summed E-state index contributed by atoms with van der Waals surface area (Å²) in [4.78, 5) is 11.5. The van der Waals surface area contributed by atoms with Crippen LogP contribution in [0.3, 0.4) is 0 Å². The van der Waals surface area contributed by atoms with Gasteiger partial charge < -0.3 is 5.73 Å². The highest BCUT2D eigenvalue weighted by molar-refractivity contribution is 5.99. The normalized spacial score (nSPS) is 8.11. The van der Waals surface area contributed by atoms with Gasteiger partial charge in [-0.05, 0) is 6.08 Å². The zero-order chi connectivity index (χ0) is 7.44. The van der Waals surface area contributed by atoms with Gasteiger partial charge in [-0.15, -0.1) is 0 Å². The summed E-state index contributed by atoms with van der Waals surface area (Å²) in [5.41, 5.74) is 4.95. The highest BCUT2D eigenvalue weighted by Gasteiger charge is 2.04. The summed E-state index contributed by atoms with van der Waals surface area (Å²) in [6.07, 6.45) is 1.10. The molecule has 0 atom stereocenters. The Morgan fingerprint density at radius 1 is 1.89 bits per heavy atom. The predicted octanol–water partition coefficient (Wildman–Crippen LogP) is -0.476. The minimum atomic E-state index is -0.373. The maximum Gasteiger partial charge on any atom is 0.252 e. The van der Waals surface area contributed by atoms with E-state index in [9.17, 15) is 4.79 Å². The van der Waals surface area contributed by atoms with Crippen LogP contribution in [0.1, 0.15) is 0 Å². The summed E-state index contributed by atoms with van der Waals surface area (Å²) in [6, 6.07) is 0. The van der Waals surface area contributed by atoms with Crippen LogP contribution in [0.5, 0.6) is 0 Å². The molecule has 4 nitrogen and oxygen atoms in total. The molecule has 0 aromatic heterocycles. The van der Waals surface area contributed by atoms with Crippen LogP contribution in [-0.2, 0) is 4.79 Å². The van der Waals surface area contributed by atoms with E-state index in [1.165, 1.54) is 7.05 Å². The molecular formula is C5H9N3O. The molecule has 0 spiro atoms. The number of guanidine groups is 1. The summed E-state index contributed by atoms with van der Waals surface area (Å²) in [7, 11) is 1.41. The third-order valence-corrected chi connectivity index (χ3v) is 0.867. The van der Waals surface area contributed by atoms with Gasteiger partial charge in [-0.2, -0.15) is 0 Å². The third-order valence-electron chi connectivity index (χ3n) is 0.867. The van der Waals surface area contributed by atoms with Crippen molar-refractivity contribution in [2.75, 3.05) is 7.05 Å². The fourth-order valence-corrected chi connectivity index (χ4v) is 0.256. The average molecular weight is 127 g/mol. The maximum absolute atomic E-state index is 10.5. The van der Waals surface area contributed by atoms with Crippen molar-refractivity contribution in [1.29, 1.82) is 5.41 Å². The second-order valence-electron chi connectivity index (χ2n) is 1.49. The van der Waals surface area contributed by atoms with Crippen molar-refractivity contribution in [3.63, 3.8) is 0 Å². The number of hydrogen-bond acceptors (Lipinski definition) is 2. The molecule has 0 saturated carbocycles. The van der Waals surface area contributed by atoms with Gasteiger partial charge >= 0.3 is 0 Å². The molecule has 1 amide bonds. The Kier molecular flexibility index (Phi) is 2.44. The first-order chi connectivity index (χ1) is 4.09. The van der Waals surface area contributed by atoms with Crippen molar-refractivity contribution in [2.24, 2.45) is 5.73 Å². The molecule has 0 unspecified atom stereocenters. The summed E-state index contributed by atoms with van der Waals surface area (Å²) < 4.78 is 0. The lowest BCUT2D eigenvalue weighted by Crippen LogP contribution is -2.36. The highest BCUT2D eigenvalue weighted by Crippen LogP contribution is 1.81. The van der Waals surface area contributed by atoms with Crippen molar-refractivity contribution in [3.8, 4) is 0 Å². The van der Waals surface area contributed by atoms with E-state index in [0.29, 0.717) is 0 Å². The molecule has 0 aliphatic rings. The molecule has 0 saturated heterocycles. The standard InChI is InChI=1S/C5H9N3O/c1-3-4(9)8(2)5(6)7/h3H,1H2,2H3,(H3,6,7).